The van der Waals surface area contributed by atoms with Crippen LogP contribution in [-0.4, -0.2) is 31.8 Å². The third kappa shape index (κ3) is 4.99. The number of fused-ring (bicyclic) bond motifs is 1. The van der Waals surface area contributed by atoms with Gasteiger partial charge in [0.2, 0.25) is 5.13 Å². The van der Waals surface area contributed by atoms with Gasteiger partial charge < -0.3 is 0 Å². The highest BCUT2D eigenvalue weighted by molar-refractivity contribution is 7.12. The second-order valence-corrected chi connectivity index (χ2v) is 8.75. The molecule has 9 nitrogen and oxygen atoms in total. The smallest absolute Gasteiger partial charge is 0.266 e. The largest absolute Gasteiger partial charge is 0.435 e. The topological polar surface area (TPSA) is 115 Å². The number of halogens is 3. The zero-order valence-corrected chi connectivity index (χ0v) is 19.9. The van der Waals surface area contributed by atoms with Gasteiger partial charge in [-0.25, -0.2) is 15.1 Å². The second kappa shape index (κ2) is 9.86. The fourth-order valence-electron chi connectivity index (χ4n) is 3.67. The van der Waals surface area contributed by atoms with Gasteiger partial charge in [0.1, 0.15) is 5.69 Å². The van der Waals surface area contributed by atoms with Gasteiger partial charge in [-0.15, -0.1) is 11.3 Å². The number of nitrogens with one attached hydrogen (secondary N) is 1. The number of nitrogens with zero attached hydrogens (tertiary/aromatic N) is 5. The van der Waals surface area contributed by atoms with Crippen molar-refractivity contribution in [3.63, 3.8) is 0 Å². The first-order valence-electron chi connectivity index (χ1n) is 10.9. The maximum absolute atomic E-state index is 13.5. The number of benzene rings is 3. The molecule has 2 aromatic heterocycles. The summed E-state index contributed by atoms with van der Waals surface area (Å²) in [5, 5.41) is 21.7. The summed E-state index contributed by atoms with van der Waals surface area (Å²) in [6, 6.07) is 19.4. The summed E-state index contributed by atoms with van der Waals surface area (Å²) in [4.78, 5) is 27.2. The van der Waals surface area contributed by atoms with Crippen LogP contribution in [0.15, 0.2) is 83.3 Å². The summed E-state index contributed by atoms with van der Waals surface area (Å²) in [5.74, 6) is -0.752. The first-order chi connectivity index (χ1) is 18.2. The summed E-state index contributed by atoms with van der Waals surface area (Å²) in [6.45, 7) is 0. The first kappa shape index (κ1) is 24.8. The van der Waals surface area contributed by atoms with E-state index in [-0.39, 0.29) is 27.8 Å². The lowest BCUT2D eigenvalue weighted by molar-refractivity contribution is -0.385. The summed E-state index contributed by atoms with van der Waals surface area (Å²) >= 11 is 0.924. The lowest BCUT2D eigenvalue weighted by atomic mass is 10.0. The predicted octanol–water partition coefficient (Wildman–Crippen LogP) is 5.84. The highest BCUT2D eigenvalue weighted by atomic mass is 32.1. The van der Waals surface area contributed by atoms with Crippen LogP contribution in [-0.2, 0) is 6.18 Å². The van der Waals surface area contributed by atoms with Gasteiger partial charge in [0, 0.05) is 17.0 Å². The minimum Gasteiger partial charge on any atom is -0.266 e. The van der Waals surface area contributed by atoms with Gasteiger partial charge in [-0.3, -0.25) is 14.9 Å². The molecule has 5 rings (SSSR count). The molecule has 0 aliphatic heterocycles. The normalized spacial score (nSPS) is 11.8. The molecule has 0 radical (unpaired) electrons. The van der Waals surface area contributed by atoms with Crippen LogP contribution >= 0.6 is 11.3 Å². The number of alkyl halides is 3. The number of hydrazone groups is 1. The number of aromatic nitrogens is 3. The molecule has 0 saturated carbocycles. The Kier molecular flexibility index (Phi) is 6.43. The molecule has 3 aromatic carbocycles. The van der Waals surface area contributed by atoms with Gasteiger partial charge in [-0.2, -0.15) is 23.4 Å². The molecule has 0 unspecified atom stereocenters. The molecule has 0 fully saturated rings. The van der Waals surface area contributed by atoms with Crippen molar-refractivity contribution in [3.8, 4) is 16.4 Å². The number of nitro benzene ring substituents is 1. The molecule has 0 spiro atoms. The Morgan fingerprint density at radius 2 is 1.79 bits per heavy atom. The van der Waals surface area contributed by atoms with Crippen LogP contribution in [0.3, 0.4) is 0 Å². The number of carbonyl (C=O) groups is 1. The number of hydrogen-bond acceptors (Lipinski definition) is 7. The number of nitro groups is 1. The van der Waals surface area contributed by atoms with E-state index in [0.717, 1.165) is 39.1 Å². The molecule has 13 heteroatoms. The van der Waals surface area contributed by atoms with Gasteiger partial charge in [-0.05, 0) is 29.0 Å². The second-order valence-electron chi connectivity index (χ2n) is 7.92. The minimum absolute atomic E-state index is 0.0384. The maximum Gasteiger partial charge on any atom is 0.435 e. The van der Waals surface area contributed by atoms with E-state index in [1.807, 2.05) is 24.3 Å². The number of amides is 1. The molecule has 0 saturated heterocycles. The van der Waals surface area contributed by atoms with E-state index < -0.39 is 22.7 Å². The fourth-order valence-corrected chi connectivity index (χ4v) is 4.43. The van der Waals surface area contributed by atoms with Crippen LogP contribution in [0.1, 0.15) is 21.7 Å². The van der Waals surface area contributed by atoms with E-state index >= 15 is 0 Å². The Bertz CT molecular complexity index is 1710. The summed E-state index contributed by atoms with van der Waals surface area (Å²) in [6.07, 6.45) is -3.58. The Labute approximate surface area is 216 Å². The van der Waals surface area contributed by atoms with E-state index in [9.17, 15) is 28.1 Å². The first-order valence-corrected chi connectivity index (χ1v) is 11.8. The zero-order chi connectivity index (χ0) is 26.9. The number of thiazole rings is 1. The molecule has 1 N–H and O–H groups in total. The number of carbonyl (C=O) groups excluding carboxylic acids is 1. The van der Waals surface area contributed by atoms with Crippen LogP contribution in [0.5, 0.6) is 0 Å². The average Bonchev–Trinajstić information content (AvgIpc) is 3.56. The van der Waals surface area contributed by atoms with E-state index in [1.54, 1.807) is 24.3 Å². The van der Waals surface area contributed by atoms with Crippen molar-refractivity contribution < 1.29 is 22.9 Å². The lowest BCUT2D eigenvalue weighted by Crippen LogP contribution is -2.18. The third-order valence-electron chi connectivity index (χ3n) is 5.45. The van der Waals surface area contributed by atoms with Crippen molar-refractivity contribution in [2.45, 2.75) is 6.18 Å². The van der Waals surface area contributed by atoms with E-state index in [0.29, 0.717) is 5.56 Å². The molecule has 0 aliphatic carbocycles. The lowest BCUT2D eigenvalue weighted by Gasteiger charge is -2.06. The van der Waals surface area contributed by atoms with Crippen molar-refractivity contribution in [1.82, 2.24) is 20.2 Å². The van der Waals surface area contributed by atoms with Gasteiger partial charge in [0.25, 0.3) is 11.6 Å². The maximum atomic E-state index is 13.5. The van der Waals surface area contributed by atoms with Gasteiger partial charge in [-0.1, -0.05) is 48.5 Å². The molecule has 190 valence electrons. The fraction of sp³-hybridized carbons (Fsp3) is 0.0400. The molecule has 0 bridgehead atoms. The van der Waals surface area contributed by atoms with Crippen molar-refractivity contribution in [2.75, 3.05) is 0 Å². The predicted molar refractivity (Wildman–Crippen MR) is 135 cm³/mol. The summed E-state index contributed by atoms with van der Waals surface area (Å²) < 4.78 is 41.7. The molecule has 0 atom stereocenters. The van der Waals surface area contributed by atoms with Crippen LogP contribution in [0, 0.1) is 10.1 Å². The van der Waals surface area contributed by atoms with Gasteiger partial charge in [0.05, 0.1) is 22.4 Å². The molecule has 5 aromatic rings. The van der Waals surface area contributed by atoms with Crippen molar-refractivity contribution in [2.24, 2.45) is 5.10 Å². The van der Waals surface area contributed by atoms with E-state index in [1.165, 1.54) is 23.6 Å². The monoisotopic (exact) mass is 536 g/mol. The molecular formula is C25H15F3N6O3S. The molecule has 0 aliphatic rings. The van der Waals surface area contributed by atoms with E-state index in [4.69, 9.17) is 0 Å². The third-order valence-corrected chi connectivity index (χ3v) is 6.27. The van der Waals surface area contributed by atoms with Crippen LogP contribution in [0.2, 0.25) is 0 Å². The minimum atomic E-state index is -4.69. The summed E-state index contributed by atoms with van der Waals surface area (Å²) in [7, 11) is 0. The molecule has 2 heterocycles. The quantitative estimate of drug-likeness (QED) is 0.166. The Morgan fingerprint density at radius 3 is 2.55 bits per heavy atom. The Hall–Kier alpha value is -4.91. The van der Waals surface area contributed by atoms with Crippen LogP contribution < -0.4 is 5.43 Å². The van der Waals surface area contributed by atoms with Gasteiger partial charge >= 0.3 is 6.18 Å². The van der Waals surface area contributed by atoms with Crippen molar-refractivity contribution in [3.05, 3.63) is 105 Å². The SMILES string of the molecule is O=C(N/N=C\c1ccccc1[N+](=O)[O-])c1csc(-n2nc(C(F)(F)F)cc2-c2ccc3ccccc3c2)n1. The average molecular weight is 536 g/mol. The Morgan fingerprint density at radius 1 is 1.05 bits per heavy atom. The standard InChI is InChI=1S/C25H15F3N6O3S/c26-25(27,28)22-12-21(17-10-9-15-5-1-2-6-16(15)11-17)33(32-22)24-30-19(14-38-24)23(35)31-29-13-18-7-3-4-8-20(18)34(36)37/h1-14H,(H,31,35)/b29-13-. The highest BCUT2D eigenvalue weighted by Gasteiger charge is 2.35. The number of rotatable bonds is 6. The van der Waals surface area contributed by atoms with Crippen molar-refractivity contribution >= 4 is 39.9 Å². The van der Waals surface area contributed by atoms with Crippen LogP contribution in [0.25, 0.3) is 27.2 Å². The highest BCUT2D eigenvalue weighted by Crippen LogP contribution is 2.34. The van der Waals surface area contributed by atoms with Gasteiger partial charge in [0.15, 0.2) is 5.69 Å². The summed E-state index contributed by atoms with van der Waals surface area (Å²) in [5.41, 5.74) is 1.62. The molecule has 1 amide bonds. The number of hydrogen-bond donors (Lipinski definition) is 1. The van der Waals surface area contributed by atoms with Crippen molar-refractivity contribution in [1.29, 1.82) is 0 Å². The Balaban J connectivity index is 1.44. The molecule has 38 heavy (non-hydrogen) atoms. The molecular weight excluding hydrogens is 521 g/mol. The number of para-hydroxylation sites is 1. The van der Waals surface area contributed by atoms with Crippen LogP contribution in [0.4, 0.5) is 18.9 Å². The van der Waals surface area contributed by atoms with E-state index in [2.05, 4.69) is 20.6 Å². The zero-order valence-electron chi connectivity index (χ0n) is 19.1.